The summed E-state index contributed by atoms with van der Waals surface area (Å²) in [4.78, 5) is 35.1. The largest absolute Gasteiger partial charge is 0.509 e. The number of aryl methyl sites for hydroxylation is 1. The molecule has 1 unspecified atom stereocenters. The van der Waals surface area contributed by atoms with Gasteiger partial charge < -0.3 is 25.2 Å². The fraction of sp³-hybridized carbons (Fsp3) is 0.702. The highest BCUT2D eigenvalue weighted by molar-refractivity contribution is 5.99. The average Bonchev–Trinajstić information content (AvgIpc) is 3.64. The lowest BCUT2D eigenvalue weighted by atomic mass is 9.31. The first-order valence-corrected chi connectivity index (χ1v) is 22.3. The molecule has 12 aliphatic rings. The molecule has 10 atom stereocenters. The van der Waals surface area contributed by atoms with Gasteiger partial charge in [0.25, 0.3) is 0 Å². The Balaban J connectivity index is 1.19. The Labute approximate surface area is 327 Å². The van der Waals surface area contributed by atoms with Crippen LogP contribution in [0.2, 0.25) is 0 Å². The van der Waals surface area contributed by atoms with Gasteiger partial charge in [-0.25, -0.2) is 4.79 Å². The van der Waals surface area contributed by atoms with Crippen LogP contribution in [0.5, 0.6) is 0 Å². The molecule has 55 heavy (non-hydrogen) atoms. The smallest absolute Gasteiger partial charge is 0.339 e. The van der Waals surface area contributed by atoms with E-state index in [1.165, 1.54) is 49.8 Å². The topological polar surface area (TPSA) is 105 Å². The molecule has 8 heteroatoms. The van der Waals surface area contributed by atoms with E-state index >= 15 is 4.79 Å². The lowest BCUT2D eigenvalue weighted by molar-refractivity contribution is -0.272. The summed E-state index contributed by atoms with van der Waals surface area (Å²) in [6.07, 6.45) is 20.7. The predicted octanol–water partition coefficient (Wildman–Crippen LogP) is 8.32. The van der Waals surface area contributed by atoms with Crippen LogP contribution in [-0.2, 0) is 26.3 Å². The predicted molar refractivity (Wildman–Crippen MR) is 212 cm³/mol. The van der Waals surface area contributed by atoms with E-state index in [1.807, 2.05) is 6.07 Å². The molecule has 8 nitrogen and oxygen atoms in total. The van der Waals surface area contributed by atoms with Crippen LogP contribution in [0.4, 0.5) is 0 Å². The number of carbonyl (C=O) groups excluding carboxylic acids is 2. The molecule has 5 fully saturated rings. The third-order valence-corrected chi connectivity index (χ3v) is 16.4. The van der Waals surface area contributed by atoms with E-state index < -0.39 is 16.4 Å². The Morgan fingerprint density at radius 1 is 1.04 bits per heavy atom. The second kappa shape index (κ2) is 13.5. The van der Waals surface area contributed by atoms with E-state index in [-0.39, 0.29) is 35.6 Å². The maximum Gasteiger partial charge on any atom is 0.339 e. The third-order valence-electron chi connectivity index (χ3n) is 16.4. The van der Waals surface area contributed by atoms with E-state index in [4.69, 9.17) is 15.2 Å². The van der Waals surface area contributed by atoms with Gasteiger partial charge in [0.2, 0.25) is 0 Å². The van der Waals surface area contributed by atoms with Gasteiger partial charge in [0.1, 0.15) is 11.2 Å². The van der Waals surface area contributed by atoms with Crippen LogP contribution in [-0.4, -0.2) is 65.6 Å². The Morgan fingerprint density at radius 2 is 1.84 bits per heavy atom. The summed E-state index contributed by atoms with van der Waals surface area (Å²) in [5.74, 6) is 2.43. The molecule has 0 amide bonds. The number of nitrogens with zero attached hydrogens (tertiary/aromatic N) is 2. The number of allylic oxidation sites excluding steroid dienone is 2. The van der Waals surface area contributed by atoms with Gasteiger partial charge in [-0.1, -0.05) is 88.3 Å². The zero-order valence-electron chi connectivity index (χ0n) is 33.3. The molecule has 8 bridgehead atoms. The molecule has 2 spiro atoms. The molecule has 1 aromatic carbocycles. The normalized spacial score (nSPS) is 41.8. The monoisotopic (exact) mass is 749 g/mol. The highest BCUT2D eigenvalue weighted by atomic mass is 16.6. The molecule has 13 rings (SSSR count). The van der Waals surface area contributed by atoms with Crippen LogP contribution in [0.25, 0.3) is 0 Å². The van der Waals surface area contributed by atoms with E-state index in [0.29, 0.717) is 67.2 Å². The summed E-state index contributed by atoms with van der Waals surface area (Å²) >= 11 is 0. The van der Waals surface area contributed by atoms with Crippen LogP contribution < -0.4 is 5.73 Å². The molecule has 8 aliphatic heterocycles. The van der Waals surface area contributed by atoms with Crippen molar-refractivity contribution in [3.05, 3.63) is 69.8 Å². The molecule has 3 saturated heterocycles. The maximum atomic E-state index is 15.2. The van der Waals surface area contributed by atoms with Crippen molar-refractivity contribution in [2.24, 2.45) is 52.1 Å². The molecule has 1 aromatic rings. The molecule has 8 heterocycles. The Kier molecular flexibility index (Phi) is 8.90. The molecule has 2 saturated carbocycles. The summed E-state index contributed by atoms with van der Waals surface area (Å²) in [6.45, 7) is 9.39. The fourth-order valence-corrected chi connectivity index (χ4v) is 14.4. The van der Waals surface area contributed by atoms with Crippen molar-refractivity contribution in [3.8, 4) is 0 Å². The minimum absolute atomic E-state index is 0.170. The van der Waals surface area contributed by atoms with Gasteiger partial charge in [-0.2, -0.15) is 0 Å². The van der Waals surface area contributed by atoms with Gasteiger partial charge in [-0.05, 0) is 93.6 Å². The summed E-state index contributed by atoms with van der Waals surface area (Å²) in [5, 5.41) is 12.8. The Morgan fingerprint density at radius 3 is 2.60 bits per heavy atom. The van der Waals surface area contributed by atoms with Gasteiger partial charge >= 0.3 is 11.9 Å². The average molecular weight is 750 g/mol. The Hall–Kier alpha value is -3.10. The second-order valence-corrected chi connectivity index (χ2v) is 19.5. The van der Waals surface area contributed by atoms with Crippen LogP contribution in [0.1, 0.15) is 132 Å². The molecule has 3 N–H and O–H groups in total. The van der Waals surface area contributed by atoms with Gasteiger partial charge in [-0.3, -0.25) is 9.69 Å². The van der Waals surface area contributed by atoms with Crippen LogP contribution in [0.3, 0.4) is 0 Å². The molecule has 296 valence electrons. The quantitative estimate of drug-likeness (QED) is 0.212. The van der Waals surface area contributed by atoms with Crippen molar-refractivity contribution in [2.45, 2.75) is 128 Å². The summed E-state index contributed by atoms with van der Waals surface area (Å²) in [6, 6.07) is 6.35. The van der Waals surface area contributed by atoms with Crippen LogP contribution >= 0.6 is 0 Å². The summed E-state index contributed by atoms with van der Waals surface area (Å²) in [7, 11) is 0. The zero-order chi connectivity index (χ0) is 37.7. The molecule has 4 aliphatic carbocycles. The molecular formula is C47H63N3O5. The summed E-state index contributed by atoms with van der Waals surface area (Å²) < 4.78 is 13.6. The van der Waals surface area contributed by atoms with E-state index in [1.54, 1.807) is 0 Å². The van der Waals surface area contributed by atoms with Crippen molar-refractivity contribution in [1.29, 1.82) is 0 Å². The second-order valence-electron chi connectivity index (χ2n) is 19.5. The number of carbonyl (C=O) groups is 2. The number of aliphatic hydroxyl groups is 1. The summed E-state index contributed by atoms with van der Waals surface area (Å²) in [5.41, 5.74) is 8.18. The van der Waals surface area contributed by atoms with Gasteiger partial charge in [-0.15, -0.1) is 0 Å². The number of aliphatic hydroxyl groups excluding tert-OH is 1. The maximum absolute atomic E-state index is 15.2. The number of hydrogen-bond acceptors (Lipinski definition) is 8. The highest BCUT2D eigenvalue weighted by Crippen LogP contribution is 2.85. The lowest BCUT2D eigenvalue weighted by Gasteiger charge is -2.69. The zero-order valence-corrected chi connectivity index (χ0v) is 33.3. The van der Waals surface area contributed by atoms with Gasteiger partial charge in [0.05, 0.1) is 11.0 Å². The van der Waals surface area contributed by atoms with Crippen molar-refractivity contribution >= 4 is 11.9 Å². The number of fused-ring (bicyclic) bond motifs is 2. The first-order chi connectivity index (χ1) is 26.7. The third kappa shape index (κ3) is 5.07. The van der Waals surface area contributed by atoms with E-state index in [9.17, 15) is 9.90 Å². The SMILES string of the molecule is CCC[C@@H]1[C@@]2(OC(=O)c3c(CCCN)cccc32)[C@@]23CCC4=C[C@@]12C(=O)O/C3=C(\O)C[C@@H](CC1CCCCC1)N1C[C@@H]2C[C@@H](CN(C2)C2=CC[C@H](C)C[C@@H]42)C1. The fourth-order valence-electron chi connectivity index (χ4n) is 14.4. The van der Waals surface area contributed by atoms with Crippen molar-refractivity contribution in [1.82, 2.24) is 9.80 Å². The minimum atomic E-state index is -1.10. The number of hydrogen-bond donors (Lipinski definition) is 2. The number of benzene rings is 1. The van der Waals surface area contributed by atoms with E-state index in [0.717, 1.165) is 75.8 Å². The first-order valence-electron chi connectivity index (χ1n) is 22.3. The number of ether oxygens (including phenoxy) is 2. The van der Waals surface area contributed by atoms with Gasteiger partial charge in [0, 0.05) is 61.7 Å². The standard InChI is InChI=1S/C47H63N3O5/c1-3-9-40-45-24-34-17-18-46(45,47(40)37-14-7-12-33(13-8-19-48)41(37)43(52)55-47)42(54-44(45)53)39(51)23-35(22-30-10-5-4-6-11-30)49-25-31-21-32(26-49)28-50(27-31)38-16-15-29(2)20-36(34)38/h7,12,14,16,24,29-32,35-36,40,51H,3-6,8-11,13,15,17-23,25-28,48H2,1-2H3/b42-39-/t29-,31-,32+,35+,36-,40-,45-,46+,47+/m0/s1. The molecule has 0 aromatic heterocycles. The lowest BCUT2D eigenvalue weighted by Crippen LogP contribution is -2.75. The van der Waals surface area contributed by atoms with Crippen molar-refractivity contribution < 1.29 is 24.2 Å². The van der Waals surface area contributed by atoms with Crippen LogP contribution in [0, 0.1) is 46.3 Å². The molecular weight excluding hydrogens is 687 g/mol. The number of piperidine rings is 2. The number of esters is 2. The number of nitrogens with two attached hydrogens (primary N) is 1. The van der Waals surface area contributed by atoms with Crippen LogP contribution in [0.15, 0.2) is 53.1 Å². The van der Waals surface area contributed by atoms with Crippen molar-refractivity contribution in [2.75, 3.05) is 32.7 Å². The van der Waals surface area contributed by atoms with Gasteiger partial charge in [0.15, 0.2) is 11.4 Å². The van der Waals surface area contributed by atoms with Crippen molar-refractivity contribution in [3.63, 3.8) is 0 Å². The first kappa shape index (κ1) is 36.3. The Bertz CT molecular complexity index is 1830. The van der Waals surface area contributed by atoms with E-state index in [2.05, 4.69) is 47.9 Å². The molecule has 0 radical (unpaired) electrons. The highest BCUT2D eigenvalue weighted by Gasteiger charge is 2.91. The number of rotatable bonds is 7. The minimum Gasteiger partial charge on any atom is -0.509 e.